The van der Waals surface area contributed by atoms with Crippen molar-refractivity contribution in [1.29, 1.82) is 0 Å². The molecule has 2 rings (SSSR count). The largest absolute Gasteiger partial charge is 0.462 e. The van der Waals surface area contributed by atoms with E-state index in [-0.39, 0.29) is 28.3 Å². The van der Waals surface area contributed by atoms with Crippen LogP contribution in [0.3, 0.4) is 0 Å². The van der Waals surface area contributed by atoms with Gasteiger partial charge < -0.3 is 10.5 Å². The molecular weight excluding hydrogens is 344 g/mol. The highest BCUT2D eigenvalue weighted by Crippen LogP contribution is 2.25. The molecule has 0 spiro atoms. The topological polar surface area (TPSA) is 107 Å². The molecule has 0 aliphatic carbocycles. The summed E-state index contributed by atoms with van der Waals surface area (Å²) >= 11 is 0. The first-order chi connectivity index (χ1) is 11.8. The van der Waals surface area contributed by atoms with Crippen molar-refractivity contribution in [2.24, 2.45) is 5.73 Å². The number of hydrogen-bond donors (Lipinski definition) is 1. The lowest BCUT2D eigenvalue weighted by Crippen LogP contribution is -2.29. The average Bonchev–Trinajstić information content (AvgIpc) is 2.61. The number of anilines is 1. The molecule has 0 saturated carbocycles. The molecule has 0 fully saturated rings. The molecular formula is C17H18N2O5S. The predicted molar refractivity (Wildman–Crippen MR) is 92.9 cm³/mol. The molecule has 0 radical (unpaired) electrons. The highest BCUT2D eigenvalue weighted by atomic mass is 32.2. The molecule has 0 unspecified atom stereocenters. The van der Waals surface area contributed by atoms with E-state index in [1.54, 1.807) is 19.1 Å². The summed E-state index contributed by atoms with van der Waals surface area (Å²) in [6.45, 7) is 1.91. The van der Waals surface area contributed by atoms with Crippen molar-refractivity contribution in [2.45, 2.75) is 11.8 Å². The first-order valence-electron chi connectivity index (χ1n) is 7.44. The van der Waals surface area contributed by atoms with Crippen molar-refractivity contribution in [2.75, 3.05) is 18.0 Å². The maximum atomic E-state index is 12.8. The Kier molecular flexibility index (Phi) is 5.43. The molecule has 0 bridgehead atoms. The summed E-state index contributed by atoms with van der Waals surface area (Å²) in [6.07, 6.45) is 0. The van der Waals surface area contributed by atoms with Crippen LogP contribution in [0.1, 0.15) is 27.6 Å². The first kappa shape index (κ1) is 18.5. The molecule has 0 aliphatic heterocycles. The number of para-hydroxylation sites is 1. The third kappa shape index (κ3) is 3.80. The number of ether oxygens (including phenoxy) is 1. The predicted octanol–water partition coefficient (Wildman–Crippen LogP) is 1.79. The van der Waals surface area contributed by atoms with Crippen molar-refractivity contribution in [3.63, 3.8) is 0 Å². The summed E-state index contributed by atoms with van der Waals surface area (Å²) in [5.74, 6) is -1.26. The van der Waals surface area contributed by atoms with E-state index in [1.165, 1.54) is 43.4 Å². The van der Waals surface area contributed by atoms with E-state index in [2.05, 4.69) is 0 Å². The summed E-state index contributed by atoms with van der Waals surface area (Å²) in [5.41, 5.74) is 5.82. The minimum atomic E-state index is -3.93. The quantitative estimate of drug-likeness (QED) is 0.789. The second kappa shape index (κ2) is 7.35. The number of sulfonamides is 1. The van der Waals surface area contributed by atoms with Crippen LogP contribution in [0, 0.1) is 0 Å². The molecule has 7 nitrogen and oxygen atoms in total. The van der Waals surface area contributed by atoms with Gasteiger partial charge in [0.25, 0.3) is 15.9 Å². The second-order valence-electron chi connectivity index (χ2n) is 5.10. The van der Waals surface area contributed by atoms with Gasteiger partial charge in [0.15, 0.2) is 0 Å². The Balaban J connectivity index is 2.39. The van der Waals surface area contributed by atoms with E-state index in [0.717, 1.165) is 4.31 Å². The fraction of sp³-hybridized carbons (Fsp3) is 0.176. The van der Waals surface area contributed by atoms with Crippen LogP contribution in [0.15, 0.2) is 53.4 Å². The number of esters is 1. The van der Waals surface area contributed by atoms with Crippen LogP contribution in [0.2, 0.25) is 0 Å². The first-order valence-corrected chi connectivity index (χ1v) is 8.88. The molecule has 2 aromatic rings. The lowest BCUT2D eigenvalue weighted by Gasteiger charge is -2.21. The highest BCUT2D eigenvalue weighted by molar-refractivity contribution is 7.92. The van der Waals surface area contributed by atoms with E-state index in [0.29, 0.717) is 0 Å². The minimum Gasteiger partial charge on any atom is -0.462 e. The second-order valence-corrected chi connectivity index (χ2v) is 7.07. The van der Waals surface area contributed by atoms with E-state index < -0.39 is 21.9 Å². The standard InChI is InChI=1S/C17H18N2O5S/c1-3-24-17(21)12-8-10-13(11-9-12)25(22,23)19(2)15-7-5-4-6-14(15)16(18)20/h4-11H,3H2,1-2H3,(H2,18,20). The van der Waals surface area contributed by atoms with Crippen molar-refractivity contribution in [3.8, 4) is 0 Å². The fourth-order valence-electron chi connectivity index (χ4n) is 2.22. The number of rotatable bonds is 6. The maximum Gasteiger partial charge on any atom is 0.338 e. The number of primary amides is 1. The van der Waals surface area contributed by atoms with Crippen molar-refractivity contribution >= 4 is 27.6 Å². The molecule has 1 amide bonds. The number of carbonyl (C=O) groups excluding carboxylic acids is 2. The number of amides is 1. The Labute approximate surface area is 146 Å². The lowest BCUT2D eigenvalue weighted by atomic mass is 10.2. The molecule has 0 aromatic heterocycles. The SMILES string of the molecule is CCOC(=O)c1ccc(S(=O)(=O)N(C)c2ccccc2C(N)=O)cc1. The van der Waals surface area contributed by atoms with Crippen LogP contribution in [0.4, 0.5) is 5.69 Å². The molecule has 2 N–H and O–H groups in total. The monoisotopic (exact) mass is 362 g/mol. The third-order valence-electron chi connectivity index (χ3n) is 3.53. The number of nitrogens with two attached hydrogens (primary N) is 1. The summed E-state index contributed by atoms with van der Waals surface area (Å²) in [4.78, 5) is 23.1. The van der Waals surface area contributed by atoms with Gasteiger partial charge in [-0.25, -0.2) is 13.2 Å². The van der Waals surface area contributed by atoms with Crippen LogP contribution in [-0.2, 0) is 14.8 Å². The van der Waals surface area contributed by atoms with Crippen molar-refractivity contribution < 1.29 is 22.7 Å². The molecule has 0 aliphatic rings. The van der Waals surface area contributed by atoms with Crippen LogP contribution in [-0.4, -0.2) is 33.9 Å². The molecule has 132 valence electrons. The van der Waals surface area contributed by atoms with Gasteiger partial charge in [-0.3, -0.25) is 9.10 Å². The van der Waals surface area contributed by atoms with Crippen molar-refractivity contribution in [3.05, 3.63) is 59.7 Å². The van der Waals surface area contributed by atoms with Crippen LogP contribution in [0.25, 0.3) is 0 Å². The summed E-state index contributed by atoms with van der Waals surface area (Å²) in [5, 5.41) is 0. The van der Waals surface area contributed by atoms with Gasteiger partial charge in [0.2, 0.25) is 0 Å². The van der Waals surface area contributed by atoms with Gasteiger partial charge in [0, 0.05) is 7.05 Å². The zero-order valence-corrected chi connectivity index (χ0v) is 14.6. The molecule has 2 aromatic carbocycles. The summed E-state index contributed by atoms with van der Waals surface area (Å²) in [7, 11) is -2.60. The zero-order valence-electron chi connectivity index (χ0n) is 13.8. The number of nitrogens with zero attached hydrogens (tertiary/aromatic N) is 1. The number of hydrogen-bond acceptors (Lipinski definition) is 5. The van der Waals surface area contributed by atoms with Gasteiger partial charge >= 0.3 is 5.97 Å². The van der Waals surface area contributed by atoms with Crippen LogP contribution < -0.4 is 10.0 Å². The third-order valence-corrected chi connectivity index (χ3v) is 5.32. The highest BCUT2D eigenvalue weighted by Gasteiger charge is 2.24. The van der Waals surface area contributed by atoms with E-state index in [9.17, 15) is 18.0 Å². The van der Waals surface area contributed by atoms with Crippen molar-refractivity contribution in [1.82, 2.24) is 0 Å². The van der Waals surface area contributed by atoms with Crippen LogP contribution >= 0.6 is 0 Å². The smallest absolute Gasteiger partial charge is 0.338 e. The minimum absolute atomic E-state index is 0.0256. The Morgan fingerprint density at radius 3 is 2.24 bits per heavy atom. The molecule has 8 heteroatoms. The maximum absolute atomic E-state index is 12.8. The Bertz CT molecular complexity index is 892. The van der Waals surface area contributed by atoms with E-state index in [1.807, 2.05) is 0 Å². The van der Waals surface area contributed by atoms with Gasteiger partial charge in [0.05, 0.1) is 28.3 Å². The number of benzene rings is 2. The summed E-state index contributed by atoms with van der Waals surface area (Å²) in [6, 6.07) is 11.5. The molecule has 0 saturated heterocycles. The normalized spacial score (nSPS) is 11.0. The van der Waals surface area contributed by atoms with E-state index >= 15 is 0 Å². The Hall–Kier alpha value is -2.87. The van der Waals surface area contributed by atoms with Gasteiger partial charge in [-0.05, 0) is 43.3 Å². The van der Waals surface area contributed by atoms with Crippen LogP contribution in [0.5, 0.6) is 0 Å². The zero-order chi connectivity index (χ0) is 18.6. The lowest BCUT2D eigenvalue weighted by molar-refractivity contribution is 0.0526. The van der Waals surface area contributed by atoms with E-state index in [4.69, 9.17) is 10.5 Å². The fourth-order valence-corrected chi connectivity index (χ4v) is 3.44. The molecule has 0 heterocycles. The van der Waals surface area contributed by atoms with Gasteiger partial charge in [-0.15, -0.1) is 0 Å². The van der Waals surface area contributed by atoms with Gasteiger partial charge in [-0.1, -0.05) is 12.1 Å². The molecule has 0 atom stereocenters. The molecule has 25 heavy (non-hydrogen) atoms. The Morgan fingerprint density at radius 1 is 1.08 bits per heavy atom. The average molecular weight is 362 g/mol. The Morgan fingerprint density at radius 2 is 1.68 bits per heavy atom. The summed E-state index contributed by atoms with van der Waals surface area (Å²) < 4.78 is 31.4. The van der Waals surface area contributed by atoms with Gasteiger partial charge in [0.1, 0.15) is 0 Å². The van der Waals surface area contributed by atoms with Gasteiger partial charge in [-0.2, -0.15) is 0 Å². The number of carbonyl (C=O) groups is 2.